The maximum atomic E-state index is 13.5. The number of rotatable bonds is 7. The molecular formula is C21H22N4O4S2. The SMILES string of the molecule is CCc1c(C)sc2nc(SCc3nc(-c4ccco4)no3)n(CC3CCCO3)c(=O)c12. The van der Waals surface area contributed by atoms with E-state index in [9.17, 15) is 4.79 Å². The summed E-state index contributed by atoms with van der Waals surface area (Å²) in [5.41, 5.74) is 1.10. The predicted octanol–water partition coefficient (Wildman–Crippen LogP) is 4.44. The molecule has 0 saturated carbocycles. The summed E-state index contributed by atoms with van der Waals surface area (Å²) in [6.45, 7) is 5.38. The molecule has 5 rings (SSSR count). The average Bonchev–Trinajstić information content (AvgIpc) is 3.55. The smallest absolute Gasteiger partial charge is 0.263 e. The Morgan fingerprint density at radius 3 is 3.00 bits per heavy atom. The molecule has 1 saturated heterocycles. The summed E-state index contributed by atoms with van der Waals surface area (Å²) in [5, 5.41) is 5.36. The van der Waals surface area contributed by atoms with Crippen molar-refractivity contribution in [2.45, 2.75) is 56.7 Å². The minimum atomic E-state index is 0.00556. The Morgan fingerprint density at radius 1 is 1.35 bits per heavy atom. The zero-order valence-corrected chi connectivity index (χ0v) is 18.9. The second kappa shape index (κ2) is 8.60. The van der Waals surface area contributed by atoms with Gasteiger partial charge in [0.15, 0.2) is 10.9 Å². The van der Waals surface area contributed by atoms with E-state index in [1.807, 2.05) is 0 Å². The zero-order valence-electron chi connectivity index (χ0n) is 17.3. The number of aryl methyl sites for hydroxylation is 2. The number of hydrogen-bond donors (Lipinski definition) is 0. The molecule has 1 aliphatic heterocycles. The van der Waals surface area contributed by atoms with E-state index < -0.39 is 0 Å². The van der Waals surface area contributed by atoms with Crippen LogP contribution in [-0.2, 0) is 23.5 Å². The molecule has 10 heteroatoms. The summed E-state index contributed by atoms with van der Waals surface area (Å²) >= 11 is 3.00. The van der Waals surface area contributed by atoms with E-state index in [-0.39, 0.29) is 11.7 Å². The number of thiophene rings is 1. The van der Waals surface area contributed by atoms with Gasteiger partial charge in [-0.2, -0.15) is 4.98 Å². The number of hydrogen-bond acceptors (Lipinski definition) is 9. The van der Waals surface area contributed by atoms with Crippen LogP contribution in [0.15, 0.2) is 37.3 Å². The van der Waals surface area contributed by atoms with Crippen LogP contribution >= 0.6 is 23.1 Å². The first kappa shape index (κ1) is 20.5. The Kier molecular flexibility index (Phi) is 5.68. The molecule has 0 spiro atoms. The molecule has 8 nitrogen and oxygen atoms in total. The Morgan fingerprint density at radius 2 is 2.26 bits per heavy atom. The molecule has 1 atom stereocenters. The Bertz CT molecular complexity index is 1250. The lowest BCUT2D eigenvalue weighted by Gasteiger charge is -2.15. The van der Waals surface area contributed by atoms with Gasteiger partial charge in [-0.05, 0) is 43.9 Å². The van der Waals surface area contributed by atoms with E-state index in [0.29, 0.717) is 34.9 Å². The average molecular weight is 459 g/mol. The highest BCUT2D eigenvalue weighted by Crippen LogP contribution is 2.31. The van der Waals surface area contributed by atoms with E-state index in [0.717, 1.165) is 46.5 Å². The summed E-state index contributed by atoms with van der Waals surface area (Å²) in [6, 6.07) is 3.55. The highest BCUT2D eigenvalue weighted by molar-refractivity contribution is 7.98. The van der Waals surface area contributed by atoms with Crippen molar-refractivity contribution in [3.63, 3.8) is 0 Å². The van der Waals surface area contributed by atoms with Crippen molar-refractivity contribution >= 4 is 33.3 Å². The summed E-state index contributed by atoms with van der Waals surface area (Å²) in [4.78, 5) is 24.7. The van der Waals surface area contributed by atoms with Crippen LogP contribution in [0.25, 0.3) is 21.8 Å². The quantitative estimate of drug-likeness (QED) is 0.296. The van der Waals surface area contributed by atoms with Crippen LogP contribution < -0.4 is 5.56 Å². The van der Waals surface area contributed by atoms with Gasteiger partial charge in [0.2, 0.25) is 11.7 Å². The summed E-state index contributed by atoms with van der Waals surface area (Å²) < 4.78 is 18.2. The molecule has 0 radical (unpaired) electrons. The number of fused-ring (bicyclic) bond motifs is 1. The van der Waals surface area contributed by atoms with Crippen LogP contribution in [0.1, 0.15) is 36.1 Å². The minimum Gasteiger partial charge on any atom is -0.461 e. The fourth-order valence-corrected chi connectivity index (χ4v) is 5.87. The Labute approximate surface area is 186 Å². The lowest BCUT2D eigenvalue weighted by Crippen LogP contribution is -2.29. The maximum Gasteiger partial charge on any atom is 0.263 e. The molecular weight excluding hydrogens is 436 g/mol. The van der Waals surface area contributed by atoms with Crippen LogP contribution in [0.2, 0.25) is 0 Å². The van der Waals surface area contributed by atoms with E-state index in [1.165, 1.54) is 11.8 Å². The Balaban J connectivity index is 1.48. The first-order valence-corrected chi connectivity index (χ1v) is 12.1. The largest absolute Gasteiger partial charge is 0.461 e. The normalized spacial score (nSPS) is 16.5. The van der Waals surface area contributed by atoms with Gasteiger partial charge in [0, 0.05) is 11.5 Å². The molecule has 31 heavy (non-hydrogen) atoms. The molecule has 4 aromatic heterocycles. The van der Waals surface area contributed by atoms with Crippen molar-refractivity contribution in [2.24, 2.45) is 0 Å². The molecule has 1 unspecified atom stereocenters. The van der Waals surface area contributed by atoms with Crippen molar-refractivity contribution in [3.05, 3.63) is 45.1 Å². The van der Waals surface area contributed by atoms with E-state index in [4.69, 9.17) is 18.7 Å². The van der Waals surface area contributed by atoms with E-state index in [2.05, 4.69) is 24.0 Å². The third kappa shape index (κ3) is 3.95. The molecule has 1 aliphatic rings. The van der Waals surface area contributed by atoms with Gasteiger partial charge >= 0.3 is 0 Å². The van der Waals surface area contributed by atoms with Crippen molar-refractivity contribution in [2.75, 3.05) is 6.61 Å². The third-order valence-corrected chi connectivity index (χ3v) is 7.38. The van der Waals surface area contributed by atoms with Crippen LogP contribution in [0.4, 0.5) is 0 Å². The van der Waals surface area contributed by atoms with Gasteiger partial charge < -0.3 is 13.7 Å². The monoisotopic (exact) mass is 458 g/mol. The van der Waals surface area contributed by atoms with Crippen LogP contribution in [0, 0.1) is 6.92 Å². The van der Waals surface area contributed by atoms with Gasteiger partial charge in [-0.25, -0.2) is 4.98 Å². The summed E-state index contributed by atoms with van der Waals surface area (Å²) in [5.74, 6) is 1.81. The fourth-order valence-electron chi connectivity index (χ4n) is 3.87. The molecule has 1 fully saturated rings. The van der Waals surface area contributed by atoms with Gasteiger partial charge in [0.1, 0.15) is 4.83 Å². The van der Waals surface area contributed by atoms with Crippen LogP contribution in [-0.4, -0.2) is 32.4 Å². The third-order valence-electron chi connectivity index (χ3n) is 5.38. The molecule has 0 aromatic carbocycles. The standard InChI is InChI=1S/C21H22N4O4S2/c1-3-14-12(2)31-19-17(14)20(26)25(10-13-6-4-8-27-13)21(23-19)30-11-16-22-18(24-29-16)15-7-5-9-28-15/h5,7,9,13H,3-4,6,8,10-11H2,1-2H3. The van der Waals surface area contributed by atoms with Crippen LogP contribution in [0.3, 0.4) is 0 Å². The van der Waals surface area contributed by atoms with E-state index in [1.54, 1.807) is 34.3 Å². The first-order chi connectivity index (χ1) is 15.1. The lowest BCUT2D eigenvalue weighted by molar-refractivity contribution is 0.0937. The highest BCUT2D eigenvalue weighted by Gasteiger charge is 2.23. The minimum absolute atomic E-state index is 0.00556. The van der Waals surface area contributed by atoms with Gasteiger partial charge in [0.05, 0.1) is 30.1 Å². The molecule has 4 aromatic rings. The molecule has 0 amide bonds. The van der Waals surface area contributed by atoms with Crippen molar-refractivity contribution in [1.29, 1.82) is 0 Å². The van der Waals surface area contributed by atoms with Gasteiger partial charge in [-0.15, -0.1) is 11.3 Å². The first-order valence-electron chi connectivity index (χ1n) is 10.3. The number of aromatic nitrogens is 4. The Hall–Kier alpha value is -2.43. The lowest BCUT2D eigenvalue weighted by atomic mass is 10.1. The molecule has 0 bridgehead atoms. The van der Waals surface area contributed by atoms with E-state index >= 15 is 0 Å². The fraction of sp³-hybridized carbons (Fsp3) is 0.429. The van der Waals surface area contributed by atoms with Gasteiger partial charge in [0.25, 0.3) is 5.56 Å². The van der Waals surface area contributed by atoms with Crippen molar-refractivity contribution in [1.82, 2.24) is 19.7 Å². The number of thioether (sulfide) groups is 1. The predicted molar refractivity (Wildman–Crippen MR) is 119 cm³/mol. The second-order valence-electron chi connectivity index (χ2n) is 7.39. The zero-order chi connectivity index (χ0) is 21.4. The molecule has 0 N–H and O–H groups in total. The number of furan rings is 1. The molecule has 162 valence electrons. The summed E-state index contributed by atoms with van der Waals surface area (Å²) in [6.07, 6.45) is 4.39. The van der Waals surface area contributed by atoms with Crippen LogP contribution in [0.5, 0.6) is 0 Å². The highest BCUT2D eigenvalue weighted by atomic mass is 32.2. The second-order valence-corrected chi connectivity index (χ2v) is 9.54. The topological polar surface area (TPSA) is 96.2 Å². The maximum absolute atomic E-state index is 13.5. The number of ether oxygens (including phenoxy) is 1. The van der Waals surface area contributed by atoms with Crippen molar-refractivity contribution in [3.8, 4) is 11.6 Å². The van der Waals surface area contributed by atoms with Crippen molar-refractivity contribution < 1.29 is 13.7 Å². The summed E-state index contributed by atoms with van der Waals surface area (Å²) in [7, 11) is 0. The molecule has 0 aliphatic carbocycles. The number of nitrogens with zero attached hydrogens (tertiary/aromatic N) is 4. The van der Waals surface area contributed by atoms with Gasteiger partial charge in [-0.1, -0.05) is 23.8 Å². The van der Waals surface area contributed by atoms with Gasteiger partial charge in [-0.3, -0.25) is 9.36 Å². The molecule has 5 heterocycles.